The van der Waals surface area contributed by atoms with Crippen molar-refractivity contribution in [3.05, 3.63) is 60.6 Å². The van der Waals surface area contributed by atoms with Crippen LogP contribution in [0.25, 0.3) is 5.65 Å². The summed E-state index contributed by atoms with van der Waals surface area (Å²) in [6, 6.07) is 12.9. The topological polar surface area (TPSA) is 66.7 Å². The van der Waals surface area contributed by atoms with E-state index in [1.165, 1.54) is 0 Å². The van der Waals surface area contributed by atoms with Crippen LogP contribution in [0.15, 0.2) is 59.8 Å². The largest absolute Gasteiger partial charge is 0.379 e. The average molecular weight is 385 g/mol. The van der Waals surface area contributed by atoms with E-state index in [0.717, 1.165) is 42.7 Å². The van der Waals surface area contributed by atoms with Crippen molar-refractivity contribution in [2.75, 3.05) is 18.4 Å². The van der Waals surface area contributed by atoms with Gasteiger partial charge in [-0.05, 0) is 49.2 Å². The lowest BCUT2D eigenvalue weighted by Gasteiger charge is -2.20. The number of nitrogens with zero attached hydrogens (tertiary/aromatic N) is 3. The number of rotatable bonds is 5. The monoisotopic (exact) mass is 384 g/mol. The van der Waals surface area contributed by atoms with Crippen molar-refractivity contribution in [2.24, 2.45) is 0 Å². The van der Waals surface area contributed by atoms with Gasteiger partial charge < -0.3 is 9.72 Å². The second kappa shape index (κ2) is 7.70. The fraction of sp³-hybridized carbons (Fsp3) is 0.350. The Morgan fingerprint density at radius 2 is 1.70 bits per heavy atom. The highest BCUT2D eigenvalue weighted by Crippen LogP contribution is 2.22. The fourth-order valence-electron chi connectivity index (χ4n) is 3.44. The minimum absolute atomic E-state index is 0.364. The lowest BCUT2D eigenvalue weighted by molar-refractivity contribution is 0.424. The van der Waals surface area contributed by atoms with E-state index in [2.05, 4.69) is 10.3 Å². The van der Waals surface area contributed by atoms with Crippen LogP contribution in [-0.2, 0) is 16.6 Å². The van der Waals surface area contributed by atoms with Crippen molar-refractivity contribution in [1.29, 1.82) is 0 Å². The zero-order valence-corrected chi connectivity index (χ0v) is 16.0. The highest BCUT2D eigenvalue weighted by Gasteiger charge is 2.24. The van der Waals surface area contributed by atoms with Crippen LogP contribution in [0.4, 0.5) is 5.69 Å². The Bertz CT molecular complexity index is 971. The molecule has 3 aromatic rings. The molecule has 3 heterocycles. The first-order valence-electron chi connectivity index (χ1n) is 9.40. The Labute approximate surface area is 159 Å². The maximum atomic E-state index is 12.8. The second-order valence-corrected chi connectivity index (χ2v) is 8.83. The van der Waals surface area contributed by atoms with Crippen molar-refractivity contribution in [3.8, 4) is 0 Å². The number of nitrogens with one attached hydrogen (secondary N) is 1. The summed E-state index contributed by atoms with van der Waals surface area (Å²) in [7, 11) is -3.40. The van der Waals surface area contributed by atoms with Gasteiger partial charge in [-0.3, -0.25) is 0 Å². The second-order valence-electron chi connectivity index (χ2n) is 6.89. The Kier molecular flexibility index (Phi) is 5.13. The zero-order valence-electron chi connectivity index (χ0n) is 15.2. The first-order chi connectivity index (χ1) is 13.1. The molecule has 0 bridgehead atoms. The van der Waals surface area contributed by atoms with Crippen LogP contribution in [0.1, 0.15) is 31.4 Å². The summed E-state index contributed by atoms with van der Waals surface area (Å²) in [5.41, 5.74) is 2.72. The van der Waals surface area contributed by atoms with Gasteiger partial charge in [0.1, 0.15) is 5.65 Å². The summed E-state index contributed by atoms with van der Waals surface area (Å²) in [4.78, 5) is 4.92. The van der Waals surface area contributed by atoms with E-state index in [-0.39, 0.29) is 0 Å². The number of sulfonamides is 1. The summed E-state index contributed by atoms with van der Waals surface area (Å²) >= 11 is 0. The van der Waals surface area contributed by atoms with Crippen molar-refractivity contribution >= 4 is 21.4 Å². The van der Waals surface area contributed by atoms with Crippen LogP contribution >= 0.6 is 0 Å². The number of hydrogen-bond donors (Lipinski definition) is 1. The van der Waals surface area contributed by atoms with E-state index in [4.69, 9.17) is 0 Å². The SMILES string of the molecule is O=S(=O)(c1ccc(NCc2cn3ccccc3n2)cc1)N1CCCCCC1. The van der Waals surface area contributed by atoms with E-state index >= 15 is 0 Å². The number of hydrogen-bond acceptors (Lipinski definition) is 4. The quantitative estimate of drug-likeness (QED) is 0.731. The summed E-state index contributed by atoms with van der Waals surface area (Å²) in [5.74, 6) is 0. The van der Waals surface area contributed by atoms with Gasteiger partial charge in [-0.2, -0.15) is 4.31 Å². The van der Waals surface area contributed by atoms with Gasteiger partial charge in [0.05, 0.1) is 17.1 Å². The Balaban J connectivity index is 1.43. The standard InChI is InChI=1S/C20H24N4O2S/c25-27(26,24-13-4-1-2-5-14-24)19-10-8-17(9-11-19)21-15-18-16-23-12-6-3-7-20(23)22-18/h3,6-12,16,21H,1-2,4-5,13-15H2. The third-order valence-electron chi connectivity index (χ3n) is 4.94. The van der Waals surface area contributed by atoms with Crippen molar-refractivity contribution in [3.63, 3.8) is 0 Å². The van der Waals surface area contributed by atoms with Gasteiger partial charge in [0.25, 0.3) is 0 Å². The van der Waals surface area contributed by atoms with Gasteiger partial charge in [0.2, 0.25) is 10.0 Å². The minimum atomic E-state index is -3.40. The van der Waals surface area contributed by atoms with E-state index in [1.54, 1.807) is 16.4 Å². The third kappa shape index (κ3) is 3.99. The van der Waals surface area contributed by atoms with Crippen LogP contribution in [0.5, 0.6) is 0 Å². The Morgan fingerprint density at radius 3 is 2.41 bits per heavy atom. The summed E-state index contributed by atoms with van der Waals surface area (Å²) in [5, 5.41) is 3.31. The molecule has 4 rings (SSSR count). The molecule has 1 aliphatic heterocycles. The summed E-state index contributed by atoms with van der Waals surface area (Å²) in [6.07, 6.45) is 8.06. The molecule has 1 saturated heterocycles. The van der Waals surface area contributed by atoms with Crippen LogP contribution in [0, 0.1) is 0 Å². The Hall–Kier alpha value is -2.38. The Morgan fingerprint density at radius 1 is 0.963 bits per heavy atom. The summed E-state index contributed by atoms with van der Waals surface area (Å²) < 4.78 is 29.2. The van der Waals surface area contributed by atoms with E-state index in [0.29, 0.717) is 24.5 Å². The summed E-state index contributed by atoms with van der Waals surface area (Å²) in [6.45, 7) is 1.83. The molecule has 2 aromatic heterocycles. The normalized spacial score (nSPS) is 16.3. The number of fused-ring (bicyclic) bond motifs is 1. The van der Waals surface area contributed by atoms with Crippen LogP contribution < -0.4 is 5.32 Å². The molecule has 1 fully saturated rings. The van der Waals surface area contributed by atoms with Gasteiger partial charge in [-0.1, -0.05) is 18.9 Å². The van der Waals surface area contributed by atoms with E-state index in [9.17, 15) is 8.42 Å². The molecule has 0 radical (unpaired) electrons. The van der Waals surface area contributed by atoms with Gasteiger partial charge in [-0.15, -0.1) is 0 Å². The first-order valence-corrected chi connectivity index (χ1v) is 10.8. The molecule has 6 nitrogen and oxygen atoms in total. The highest BCUT2D eigenvalue weighted by molar-refractivity contribution is 7.89. The van der Waals surface area contributed by atoms with Crippen LogP contribution in [0.2, 0.25) is 0 Å². The fourth-order valence-corrected chi connectivity index (χ4v) is 4.96. The van der Waals surface area contributed by atoms with Gasteiger partial charge in [0, 0.05) is 31.2 Å². The molecule has 0 spiro atoms. The minimum Gasteiger partial charge on any atom is -0.379 e. The van der Waals surface area contributed by atoms with E-state index in [1.807, 2.05) is 47.1 Å². The zero-order chi connectivity index (χ0) is 18.7. The van der Waals surface area contributed by atoms with Gasteiger partial charge in [0.15, 0.2) is 0 Å². The predicted octanol–water partition coefficient (Wildman–Crippen LogP) is 3.51. The maximum absolute atomic E-state index is 12.8. The molecule has 142 valence electrons. The molecule has 1 N–H and O–H groups in total. The molecule has 0 saturated carbocycles. The molecule has 1 aromatic carbocycles. The van der Waals surface area contributed by atoms with E-state index < -0.39 is 10.0 Å². The van der Waals surface area contributed by atoms with Crippen molar-refractivity contribution < 1.29 is 8.42 Å². The first kappa shape index (κ1) is 18.0. The van der Waals surface area contributed by atoms with Crippen molar-refractivity contribution in [2.45, 2.75) is 37.1 Å². The average Bonchev–Trinajstić information content (AvgIpc) is 2.89. The smallest absolute Gasteiger partial charge is 0.243 e. The highest BCUT2D eigenvalue weighted by atomic mass is 32.2. The molecule has 27 heavy (non-hydrogen) atoms. The lowest BCUT2D eigenvalue weighted by atomic mass is 10.2. The molecular weight excluding hydrogens is 360 g/mol. The van der Waals surface area contributed by atoms with Gasteiger partial charge >= 0.3 is 0 Å². The van der Waals surface area contributed by atoms with Gasteiger partial charge in [-0.25, -0.2) is 13.4 Å². The molecule has 0 atom stereocenters. The number of anilines is 1. The van der Waals surface area contributed by atoms with Crippen molar-refractivity contribution in [1.82, 2.24) is 13.7 Å². The number of benzene rings is 1. The maximum Gasteiger partial charge on any atom is 0.243 e. The number of imidazole rings is 1. The molecular formula is C20H24N4O2S. The lowest BCUT2D eigenvalue weighted by Crippen LogP contribution is -2.31. The number of aromatic nitrogens is 2. The molecule has 0 unspecified atom stereocenters. The molecule has 7 heteroatoms. The third-order valence-corrected chi connectivity index (χ3v) is 6.86. The number of pyridine rings is 1. The molecule has 1 aliphatic rings. The van der Waals surface area contributed by atoms with Crippen LogP contribution in [0.3, 0.4) is 0 Å². The molecule has 0 amide bonds. The predicted molar refractivity (Wildman–Crippen MR) is 106 cm³/mol. The van der Waals surface area contributed by atoms with Crippen LogP contribution in [-0.4, -0.2) is 35.2 Å². The molecule has 0 aliphatic carbocycles.